The van der Waals surface area contributed by atoms with Crippen LogP contribution in [0.4, 0.5) is 0 Å². The summed E-state index contributed by atoms with van der Waals surface area (Å²) in [4.78, 5) is 16.1. The van der Waals surface area contributed by atoms with Crippen molar-refractivity contribution < 1.29 is 4.79 Å². The van der Waals surface area contributed by atoms with Crippen molar-refractivity contribution in [2.75, 3.05) is 40.3 Å². The van der Waals surface area contributed by atoms with Crippen LogP contribution in [0.15, 0.2) is 24.3 Å². The molecule has 4 heteroatoms. The van der Waals surface area contributed by atoms with Gasteiger partial charge in [-0.1, -0.05) is 29.8 Å². The Morgan fingerprint density at radius 1 is 1.36 bits per heavy atom. The van der Waals surface area contributed by atoms with Crippen molar-refractivity contribution >= 4 is 5.91 Å². The highest BCUT2D eigenvalue weighted by molar-refractivity contribution is 5.77. The Morgan fingerprint density at radius 3 is 2.73 bits per heavy atom. The third-order valence-corrected chi connectivity index (χ3v) is 4.46. The lowest BCUT2D eigenvalue weighted by molar-refractivity contribution is -0.122. The summed E-state index contributed by atoms with van der Waals surface area (Å²) in [5, 5.41) is 2.70. The van der Waals surface area contributed by atoms with Gasteiger partial charge in [-0.05, 0) is 51.4 Å². The molecular formula is C18H29N3O. The second kappa shape index (κ2) is 8.30. The Bertz CT molecular complexity index is 481. The normalized spacial score (nSPS) is 16.9. The number of aryl methyl sites for hydroxylation is 1. The van der Waals surface area contributed by atoms with Crippen LogP contribution in [0.25, 0.3) is 0 Å². The van der Waals surface area contributed by atoms with Crippen LogP contribution in [0.5, 0.6) is 0 Å². The minimum absolute atomic E-state index is 0.120. The lowest BCUT2D eigenvalue weighted by Crippen LogP contribution is -2.42. The van der Waals surface area contributed by atoms with E-state index < -0.39 is 0 Å². The number of hydrogen-bond acceptors (Lipinski definition) is 3. The van der Waals surface area contributed by atoms with Crippen LogP contribution in [0.2, 0.25) is 0 Å². The fourth-order valence-corrected chi connectivity index (χ4v) is 3.24. The zero-order chi connectivity index (χ0) is 15.9. The van der Waals surface area contributed by atoms with Crippen molar-refractivity contribution in [2.45, 2.75) is 26.3 Å². The van der Waals surface area contributed by atoms with Gasteiger partial charge in [0.25, 0.3) is 0 Å². The van der Waals surface area contributed by atoms with Gasteiger partial charge in [0, 0.05) is 20.1 Å². The smallest absolute Gasteiger partial charge is 0.233 e. The van der Waals surface area contributed by atoms with Crippen molar-refractivity contribution in [3.63, 3.8) is 0 Å². The molecule has 0 aliphatic carbocycles. The molecule has 0 atom stereocenters. The van der Waals surface area contributed by atoms with Crippen LogP contribution in [0.3, 0.4) is 0 Å². The largest absolute Gasteiger partial charge is 0.358 e. The molecule has 0 bridgehead atoms. The van der Waals surface area contributed by atoms with Crippen molar-refractivity contribution in [3.8, 4) is 0 Å². The summed E-state index contributed by atoms with van der Waals surface area (Å²) >= 11 is 0. The molecule has 0 radical (unpaired) electrons. The van der Waals surface area contributed by atoms with Crippen LogP contribution in [0.1, 0.15) is 24.0 Å². The van der Waals surface area contributed by atoms with Crippen molar-refractivity contribution in [1.29, 1.82) is 0 Å². The summed E-state index contributed by atoms with van der Waals surface area (Å²) in [6, 6.07) is 8.75. The van der Waals surface area contributed by atoms with Gasteiger partial charge in [0.2, 0.25) is 5.91 Å². The minimum Gasteiger partial charge on any atom is -0.358 e. The number of benzene rings is 1. The second-order valence-electron chi connectivity index (χ2n) is 6.58. The molecular weight excluding hydrogens is 274 g/mol. The molecule has 1 fully saturated rings. The SMILES string of the molecule is CNC(=O)CN1CCC(CN(C)Cc2cccc(C)c2)CC1. The predicted molar refractivity (Wildman–Crippen MR) is 90.7 cm³/mol. The summed E-state index contributed by atoms with van der Waals surface area (Å²) in [5.74, 6) is 0.866. The molecule has 1 aromatic rings. The van der Waals surface area contributed by atoms with Gasteiger partial charge >= 0.3 is 0 Å². The lowest BCUT2D eigenvalue weighted by Gasteiger charge is -2.33. The number of rotatable bonds is 6. The molecule has 1 aromatic carbocycles. The molecule has 1 aliphatic rings. The van der Waals surface area contributed by atoms with Crippen molar-refractivity contribution in [2.24, 2.45) is 5.92 Å². The number of piperidine rings is 1. The summed E-state index contributed by atoms with van der Waals surface area (Å²) in [6.45, 7) is 6.92. The fourth-order valence-electron chi connectivity index (χ4n) is 3.24. The van der Waals surface area contributed by atoms with Crippen LogP contribution in [-0.2, 0) is 11.3 Å². The Labute approximate surface area is 134 Å². The van der Waals surface area contributed by atoms with E-state index in [1.54, 1.807) is 7.05 Å². The predicted octanol–water partition coefficient (Wildman–Crippen LogP) is 1.88. The van der Waals surface area contributed by atoms with E-state index in [0.29, 0.717) is 6.54 Å². The number of nitrogens with zero attached hydrogens (tertiary/aromatic N) is 2. The number of carbonyl (C=O) groups is 1. The third kappa shape index (κ3) is 5.43. The molecule has 1 N–H and O–H groups in total. The van der Waals surface area contributed by atoms with Gasteiger partial charge in [0.15, 0.2) is 0 Å². The summed E-state index contributed by atoms with van der Waals surface area (Å²) in [6.07, 6.45) is 2.38. The number of likely N-dealkylation sites (N-methyl/N-ethyl adjacent to an activating group) is 1. The molecule has 2 rings (SSSR count). The average molecular weight is 303 g/mol. The highest BCUT2D eigenvalue weighted by atomic mass is 16.1. The number of likely N-dealkylation sites (tertiary alicyclic amines) is 1. The van der Waals surface area contributed by atoms with E-state index >= 15 is 0 Å². The molecule has 0 aromatic heterocycles. The first-order chi connectivity index (χ1) is 10.6. The monoisotopic (exact) mass is 303 g/mol. The molecule has 1 saturated heterocycles. The zero-order valence-electron chi connectivity index (χ0n) is 14.1. The van der Waals surface area contributed by atoms with Crippen LogP contribution in [-0.4, -0.2) is 56.0 Å². The Kier molecular flexibility index (Phi) is 6.40. The van der Waals surface area contributed by atoms with Gasteiger partial charge in [-0.25, -0.2) is 0 Å². The molecule has 0 unspecified atom stereocenters. The second-order valence-corrected chi connectivity index (χ2v) is 6.58. The van der Waals surface area contributed by atoms with Gasteiger partial charge in [0.1, 0.15) is 0 Å². The lowest BCUT2D eigenvalue weighted by atomic mass is 9.96. The van der Waals surface area contributed by atoms with Crippen molar-refractivity contribution in [1.82, 2.24) is 15.1 Å². The molecule has 1 aliphatic heterocycles. The number of nitrogens with one attached hydrogen (secondary N) is 1. The van der Waals surface area contributed by atoms with E-state index in [1.807, 2.05) is 0 Å². The van der Waals surface area contributed by atoms with E-state index in [4.69, 9.17) is 0 Å². The number of carbonyl (C=O) groups excluding carboxylic acids is 1. The maximum atomic E-state index is 11.4. The third-order valence-electron chi connectivity index (χ3n) is 4.46. The average Bonchev–Trinajstić information content (AvgIpc) is 2.49. The first-order valence-corrected chi connectivity index (χ1v) is 8.24. The maximum absolute atomic E-state index is 11.4. The van der Waals surface area contributed by atoms with Gasteiger partial charge < -0.3 is 10.2 Å². The van der Waals surface area contributed by atoms with Crippen LogP contribution in [0, 0.1) is 12.8 Å². The van der Waals surface area contributed by atoms with Gasteiger partial charge in [-0.2, -0.15) is 0 Å². The number of amides is 1. The molecule has 22 heavy (non-hydrogen) atoms. The topological polar surface area (TPSA) is 35.6 Å². The van der Waals surface area contributed by atoms with Crippen LogP contribution < -0.4 is 5.32 Å². The van der Waals surface area contributed by atoms with E-state index in [9.17, 15) is 4.79 Å². The Hall–Kier alpha value is -1.39. The Morgan fingerprint density at radius 2 is 2.09 bits per heavy atom. The van der Waals surface area contributed by atoms with Gasteiger partial charge in [0.05, 0.1) is 6.54 Å². The first-order valence-electron chi connectivity index (χ1n) is 8.24. The van der Waals surface area contributed by atoms with E-state index in [1.165, 1.54) is 24.0 Å². The quantitative estimate of drug-likeness (QED) is 0.872. The summed E-state index contributed by atoms with van der Waals surface area (Å²) in [5.41, 5.74) is 2.72. The Balaban J connectivity index is 1.72. The summed E-state index contributed by atoms with van der Waals surface area (Å²) in [7, 11) is 3.91. The molecule has 1 heterocycles. The first kappa shape index (κ1) is 17.0. The number of hydrogen-bond donors (Lipinski definition) is 1. The van der Waals surface area contributed by atoms with E-state index in [0.717, 1.165) is 32.1 Å². The van der Waals surface area contributed by atoms with Gasteiger partial charge in [-0.3, -0.25) is 9.69 Å². The molecule has 0 spiro atoms. The molecule has 4 nitrogen and oxygen atoms in total. The van der Waals surface area contributed by atoms with Gasteiger partial charge in [-0.15, -0.1) is 0 Å². The maximum Gasteiger partial charge on any atom is 0.233 e. The minimum atomic E-state index is 0.120. The zero-order valence-corrected chi connectivity index (χ0v) is 14.1. The standard InChI is InChI=1S/C18H29N3O/c1-15-5-4-6-17(11-15)13-20(3)12-16-7-9-21(10-8-16)14-18(22)19-2/h4-6,11,16H,7-10,12-14H2,1-3H3,(H,19,22). The highest BCUT2D eigenvalue weighted by Gasteiger charge is 2.21. The molecule has 122 valence electrons. The highest BCUT2D eigenvalue weighted by Crippen LogP contribution is 2.18. The fraction of sp³-hybridized carbons (Fsp3) is 0.611. The molecule has 0 saturated carbocycles. The van der Waals surface area contributed by atoms with E-state index in [2.05, 4.69) is 53.4 Å². The molecule has 1 amide bonds. The summed E-state index contributed by atoms with van der Waals surface area (Å²) < 4.78 is 0. The van der Waals surface area contributed by atoms with Crippen molar-refractivity contribution in [3.05, 3.63) is 35.4 Å². The van der Waals surface area contributed by atoms with E-state index in [-0.39, 0.29) is 5.91 Å². The van der Waals surface area contributed by atoms with Crippen LogP contribution >= 0.6 is 0 Å².